The number of carboxylic acid groups (broad SMARTS) is 2. The van der Waals surface area contributed by atoms with Gasteiger partial charge in [0, 0.05) is 51.6 Å². The molecule has 0 spiro atoms. The van der Waals surface area contributed by atoms with Crippen molar-refractivity contribution in [3.05, 3.63) is 12.4 Å². The van der Waals surface area contributed by atoms with Gasteiger partial charge < -0.3 is 29.6 Å². The fourth-order valence-corrected chi connectivity index (χ4v) is 4.40. The molecule has 38 heavy (non-hydrogen) atoms. The van der Waals surface area contributed by atoms with Crippen molar-refractivity contribution in [1.29, 1.82) is 0 Å². The van der Waals surface area contributed by atoms with Crippen molar-refractivity contribution in [2.45, 2.75) is 37.7 Å². The molecule has 1 aromatic heterocycles. The maximum atomic E-state index is 10.6. The predicted octanol–water partition coefficient (Wildman–Crippen LogP) is 2.75. The monoisotopic (exact) mass is 559 g/mol. The van der Waals surface area contributed by atoms with Crippen molar-refractivity contribution in [3.63, 3.8) is 0 Å². The third kappa shape index (κ3) is 9.45. The Morgan fingerprint density at radius 3 is 2.05 bits per heavy atom. The summed E-state index contributed by atoms with van der Waals surface area (Å²) in [6.07, 6.45) is -3.99. The van der Waals surface area contributed by atoms with Crippen LogP contribution in [0.15, 0.2) is 12.4 Å². The highest BCUT2D eigenvalue weighted by atomic mass is 19.4. The van der Waals surface area contributed by atoms with Crippen LogP contribution in [0.2, 0.25) is 0 Å². The van der Waals surface area contributed by atoms with E-state index in [1.807, 2.05) is 19.0 Å². The summed E-state index contributed by atoms with van der Waals surface area (Å²) in [5.74, 6) is -2.20. The van der Waals surface area contributed by atoms with Crippen LogP contribution in [0, 0.1) is 11.8 Å². The summed E-state index contributed by atoms with van der Waals surface area (Å²) >= 11 is 0. The van der Waals surface area contributed by atoms with E-state index < -0.39 is 24.3 Å². The number of hydrogen-bond acceptors (Lipinski definition) is 8. The molecule has 0 aromatic carbocycles. The van der Waals surface area contributed by atoms with E-state index in [1.165, 1.54) is 38.9 Å². The van der Waals surface area contributed by atoms with Crippen molar-refractivity contribution >= 4 is 23.6 Å². The van der Waals surface area contributed by atoms with Crippen LogP contribution < -0.4 is 9.80 Å². The first-order valence-corrected chi connectivity index (χ1v) is 11.8. The molecule has 4 rings (SSSR count). The molecular weight excluding hydrogens is 528 g/mol. The summed E-state index contributed by atoms with van der Waals surface area (Å²) in [6.45, 7) is 6.72. The number of likely N-dealkylation sites (tertiary alicyclic amines) is 1. The van der Waals surface area contributed by atoms with Crippen molar-refractivity contribution in [1.82, 2.24) is 14.9 Å². The lowest BCUT2D eigenvalue weighted by atomic mass is 9.92. The normalized spacial score (nSPS) is 23.5. The van der Waals surface area contributed by atoms with E-state index in [-0.39, 0.29) is 0 Å². The largest absolute Gasteiger partial charge is 0.490 e. The van der Waals surface area contributed by atoms with Gasteiger partial charge in [-0.2, -0.15) is 26.3 Å². The lowest BCUT2D eigenvalue weighted by molar-refractivity contribution is -0.193. The van der Waals surface area contributed by atoms with Gasteiger partial charge in [-0.3, -0.25) is 0 Å². The molecule has 0 saturated carbocycles. The molecule has 16 heteroatoms. The Morgan fingerprint density at radius 1 is 1.00 bits per heavy atom. The minimum atomic E-state index is -5.08. The number of carbonyl (C=O) groups is 2. The second-order valence-corrected chi connectivity index (χ2v) is 9.30. The Morgan fingerprint density at radius 2 is 1.55 bits per heavy atom. The maximum Gasteiger partial charge on any atom is 0.490 e. The molecule has 0 unspecified atom stereocenters. The molecule has 1 aromatic rings. The first-order chi connectivity index (χ1) is 17.6. The van der Waals surface area contributed by atoms with Gasteiger partial charge in [0.25, 0.3) is 0 Å². The molecule has 0 aliphatic carbocycles. The highest BCUT2D eigenvalue weighted by Gasteiger charge is 2.44. The molecule has 3 aliphatic rings. The number of piperidine rings is 1. The van der Waals surface area contributed by atoms with Gasteiger partial charge in [-0.15, -0.1) is 0 Å². The van der Waals surface area contributed by atoms with E-state index in [2.05, 4.69) is 25.8 Å². The van der Waals surface area contributed by atoms with Gasteiger partial charge in [0.2, 0.25) is 0 Å². The Hall–Kier alpha value is -2.88. The molecular formula is C22H31F6N5O5. The number of ether oxygens (including phenoxy) is 1. The number of hydrogen-bond donors (Lipinski definition) is 2. The number of rotatable bonds is 4. The van der Waals surface area contributed by atoms with Gasteiger partial charge in [-0.25, -0.2) is 19.6 Å². The van der Waals surface area contributed by atoms with Gasteiger partial charge in [0.15, 0.2) is 0 Å². The van der Waals surface area contributed by atoms with Gasteiger partial charge in [-0.1, -0.05) is 6.42 Å². The number of aliphatic carboxylic acids is 2. The third-order valence-corrected chi connectivity index (χ3v) is 6.29. The minimum absolute atomic E-state index is 0.373. The van der Waals surface area contributed by atoms with Gasteiger partial charge in [0.1, 0.15) is 18.0 Å². The van der Waals surface area contributed by atoms with Crippen molar-refractivity contribution in [2.75, 3.05) is 63.2 Å². The van der Waals surface area contributed by atoms with E-state index in [9.17, 15) is 26.3 Å². The third-order valence-electron chi connectivity index (χ3n) is 6.29. The van der Waals surface area contributed by atoms with Gasteiger partial charge in [-0.05, 0) is 25.9 Å². The molecule has 0 amide bonds. The second kappa shape index (κ2) is 13.3. The first kappa shape index (κ1) is 31.3. The van der Waals surface area contributed by atoms with Crippen LogP contribution in [0.25, 0.3) is 0 Å². The Labute approximate surface area is 215 Å². The van der Waals surface area contributed by atoms with Crippen molar-refractivity contribution in [2.24, 2.45) is 11.8 Å². The quantitative estimate of drug-likeness (QED) is 0.533. The van der Waals surface area contributed by atoms with Crippen LogP contribution in [0.3, 0.4) is 0 Å². The summed E-state index contributed by atoms with van der Waals surface area (Å²) in [5, 5.41) is 14.2. The molecule has 10 nitrogen and oxygen atoms in total. The number of alkyl halides is 6. The maximum absolute atomic E-state index is 10.6. The van der Waals surface area contributed by atoms with Gasteiger partial charge >= 0.3 is 24.3 Å². The van der Waals surface area contributed by atoms with Crippen molar-refractivity contribution in [3.8, 4) is 0 Å². The molecule has 4 heterocycles. The Kier molecular flexibility index (Phi) is 10.9. The summed E-state index contributed by atoms with van der Waals surface area (Å²) < 4.78 is 69.6. The van der Waals surface area contributed by atoms with Crippen LogP contribution in [0.5, 0.6) is 0 Å². The number of anilines is 2. The Bertz CT molecular complexity index is 903. The van der Waals surface area contributed by atoms with E-state index in [0.717, 1.165) is 31.3 Å². The van der Waals surface area contributed by atoms with Crippen LogP contribution >= 0.6 is 0 Å². The average molecular weight is 560 g/mol. The highest BCUT2D eigenvalue weighted by Crippen LogP contribution is 2.36. The Balaban J connectivity index is 0.000000301. The number of carboxylic acids is 2. The molecule has 3 saturated heterocycles. The second-order valence-electron chi connectivity index (χ2n) is 9.30. The smallest absolute Gasteiger partial charge is 0.475 e. The van der Waals surface area contributed by atoms with E-state index in [4.69, 9.17) is 24.5 Å². The lowest BCUT2D eigenvalue weighted by Gasteiger charge is -2.30. The van der Waals surface area contributed by atoms with Crippen LogP contribution in [-0.4, -0.2) is 109 Å². The fourth-order valence-electron chi connectivity index (χ4n) is 4.40. The average Bonchev–Trinajstić information content (AvgIpc) is 3.41. The highest BCUT2D eigenvalue weighted by molar-refractivity contribution is 5.73. The number of nitrogens with zero attached hydrogens (tertiary/aromatic N) is 5. The number of fused-ring (bicyclic) bond motifs is 1. The summed E-state index contributed by atoms with van der Waals surface area (Å²) in [6, 6.07) is 2.08. The lowest BCUT2D eigenvalue weighted by Crippen LogP contribution is -2.37. The fraction of sp³-hybridized carbons (Fsp3) is 0.727. The van der Waals surface area contributed by atoms with Crippen LogP contribution in [-0.2, 0) is 14.3 Å². The molecule has 3 aliphatic heterocycles. The molecule has 216 valence electrons. The molecule has 2 N–H and O–H groups in total. The minimum Gasteiger partial charge on any atom is -0.475 e. The van der Waals surface area contributed by atoms with E-state index in [0.29, 0.717) is 17.9 Å². The zero-order valence-electron chi connectivity index (χ0n) is 20.9. The molecule has 3 atom stereocenters. The molecule has 3 fully saturated rings. The SMILES string of the molecule is CN(C)c1cc(N2C[C@@H]3[C@@H](CN4CCCCC4)CO[C@@H]3C2)ncn1.O=C(O)C(F)(F)F.O=C(O)C(F)(F)F. The zero-order chi connectivity index (χ0) is 28.7. The van der Waals surface area contributed by atoms with Crippen molar-refractivity contribution < 1.29 is 50.9 Å². The molecule has 0 radical (unpaired) electrons. The number of aromatic nitrogens is 2. The van der Waals surface area contributed by atoms with Crippen LogP contribution in [0.1, 0.15) is 19.3 Å². The summed E-state index contributed by atoms with van der Waals surface area (Å²) in [4.78, 5) is 33.7. The summed E-state index contributed by atoms with van der Waals surface area (Å²) in [7, 11) is 4.03. The van der Waals surface area contributed by atoms with E-state index in [1.54, 1.807) is 6.33 Å². The standard InChI is InChI=1S/C18H29N5O.2C2HF3O2/c1-21(2)17-8-18(20-13-19-17)23-10-15-14(12-24-16(15)11-23)9-22-6-4-3-5-7-22;2*3-2(4,5)1(6)7/h8,13-16H,3-7,9-12H2,1-2H3;2*(H,6,7)/t14-,15+,16+;;/m0../s1. The summed E-state index contributed by atoms with van der Waals surface area (Å²) in [5.41, 5.74) is 0. The predicted molar refractivity (Wildman–Crippen MR) is 123 cm³/mol. The zero-order valence-corrected chi connectivity index (χ0v) is 20.9. The van der Waals surface area contributed by atoms with Crippen LogP contribution in [0.4, 0.5) is 38.0 Å². The topological polar surface area (TPSA) is 119 Å². The van der Waals surface area contributed by atoms with Gasteiger partial charge in [0.05, 0.1) is 12.7 Å². The molecule has 0 bridgehead atoms. The number of halogens is 6. The first-order valence-electron chi connectivity index (χ1n) is 11.8. The van der Waals surface area contributed by atoms with E-state index >= 15 is 0 Å².